The minimum absolute atomic E-state index is 0.565. The Bertz CT molecular complexity index is 964. The topological polar surface area (TPSA) is 72.6 Å². The molecule has 162 valence electrons. The maximum Gasteiger partial charge on any atom is 0.0854 e. The van der Waals surface area contributed by atoms with E-state index in [0.717, 1.165) is 53.3 Å². The number of nitrogens with one attached hydrogen (secondary N) is 3. The van der Waals surface area contributed by atoms with Gasteiger partial charge >= 0.3 is 0 Å². The predicted octanol–water partition coefficient (Wildman–Crippen LogP) is 5.96. The van der Waals surface area contributed by atoms with Crippen molar-refractivity contribution in [2.75, 3.05) is 11.9 Å². The minimum Gasteiger partial charge on any atom is -0.379 e. The molecule has 2 aliphatic carbocycles. The monoisotopic (exact) mass is 415 g/mol. The van der Waals surface area contributed by atoms with Gasteiger partial charge in [-0.2, -0.15) is 0 Å². The lowest BCUT2D eigenvalue weighted by Gasteiger charge is -2.22. The molecule has 31 heavy (non-hydrogen) atoms. The molecule has 3 rings (SSSR count). The van der Waals surface area contributed by atoms with Crippen molar-refractivity contribution in [2.24, 2.45) is 21.8 Å². The predicted molar refractivity (Wildman–Crippen MR) is 134 cm³/mol. The molecule has 0 bridgehead atoms. The average Bonchev–Trinajstić information content (AvgIpc) is 2.81. The first-order valence-electron chi connectivity index (χ1n) is 10.9. The van der Waals surface area contributed by atoms with Crippen molar-refractivity contribution in [1.29, 1.82) is 5.41 Å². The highest BCUT2D eigenvalue weighted by molar-refractivity contribution is 5.77. The van der Waals surface area contributed by atoms with E-state index in [1.807, 2.05) is 12.1 Å². The first-order valence-corrected chi connectivity index (χ1v) is 10.9. The maximum absolute atomic E-state index is 7.52. The molecular formula is C26H33N5. The van der Waals surface area contributed by atoms with E-state index in [9.17, 15) is 0 Å². The first kappa shape index (κ1) is 22.5. The molecule has 1 aromatic rings. The summed E-state index contributed by atoms with van der Waals surface area (Å²) in [7, 11) is 0. The summed E-state index contributed by atoms with van der Waals surface area (Å²) in [6.07, 6.45) is 13.1. The van der Waals surface area contributed by atoms with Crippen molar-refractivity contribution in [1.82, 2.24) is 5.32 Å². The van der Waals surface area contributed by atoms with Crippen LogP contribution < -0.4 is 10.6 Å². The number of rotatable bonds is 10. The molecule has 2 aliphatic rings. The highest BCUT2D eigenvalue weighted by Crippen LogP contribution is 2.29. The van der Waals surface area contributed by atoms with Crippen molar-refractivity contribution in [3.63, 3.8) is 0 Å². The van der Waals surface area contributed by atoms with Crippen molar-refractivity contribution < 1.29 is 0 Å². The van der Waals surface area contributed by atoms with Crippen molar-refractivity contribution >= 4 is 31.0 Å². The highest BCUT2D eigenvalue weighted by atomic mass is 14.9. The Hall–Kier alpha value is -3.21. The van der Waals surface area contributed by atoms with E-state index < -0.39 is 0 Å². The lowest BCUT2D eigenvalue weighted by Crippen LogP contribution is -2.16. The fraction of sp³-hybridized carbons (Fsp3) is 0.346. The summed E-state index contributed by atoms with van der Waals surface area (Å²) in [6, 6.07) is 6.17. The van der Waals surface area contributed by atoms with Gasteiger partial charge in [0.1, 0.15) is 0 Å². The third kappa shape index (κ3) is 5.69. The summed E-state index contributed by atoms with van der Waals surface area (Å²) in [6.45, 7) is 13.3. The van der Waals surface area contributed by atoms with Crippen LogP contribution in [0.4, 0.5) is 11.4 Å². The Morgan fingerprint density at radius 3 is 2.68 bits per heavy atom. The van der Waals surface area contributed by atoms with E-state index in [-0.39, 0.29) is 0 Å². The molecule has 0 fully saturated rings. The molecule has 0 amide bonds. The Morgan fingerprint density at radius 1 is 1.16 bits per heavy atom. The van der Waals surface area contributed by atoms with Gasteiger partial charge in [-0.3, -0.25) is 9.98 Å². The molecule has 0 aromatic heterocycles. The Balaban J connectivity index is 1.69. The van der Waals surface area contributed by atoms with E-state index in [0.29, 0.717) is 18.4 Å². The maximum atomic E-state index is 7.52. The molecule has 0 spiro atoms. The number of allylic oxidation sites excluding steroid dienone is 5. The van der Waals surface area contributed by atoms with Crippen LogP contribution in [0, 0.1) is 17.2 Å². The SMILES string of the molecule is C=NC1=C(NCc2ccc(N=C)c(NCC3=CC(C)C(CC)C=C3)c2)C=C(C=N)CC1. The van der Waals surface area contributed by atoms with Crippen molar-refractivity contribution in [2.45, 2.75) is 39.7 Å². The Morgan fingerprint density at radius 2 is 2.00 bits per heavy atom. The van der Waals surface area contributed by atoms with Gasteiger partial charge in [-0.1, -0.05) is 38.1 Å². The number of benzene rings is 1. The number of anilines is 1. The van der Waals surface area contributed by atoms with Crippen LogP contribution in [0.5, 0.6) is 0 Å². The van der Waals surface area contributed by atoms with Gasteiger partial charge in [-0.15, -0.1) is 0 Å². The average molecular weight is 416 g/mol. The second kappa shape index (κ2) is 10.7. The summed E-state index contributed by atoms with van der Waals surface area (Å²) in [5.74, 6) is 1.20. The van der Waals surface area contributed by atoms with Gasteiger partial charge in [0.15, 0.2) is 0 Å². The van der Waals surface area contributed by atoms with Gasteiger partial charge in [-0.05, 0) is 79.5 Å². The summed E-state index contributed by atoms with van der Waals surface area (Å²) < 4.78 is 0. The molecule has 0 heterocycles. The molecule has 2 atom stereocenters. The molecule has 5 heteroatoms. The molecule has 3 N–H and O–H groups in total. The summed E-state index contributed by atoms with van der Waals surface area (Å²) in [4.78, 5) is 8.33. The molecule has 0 saturated heterocycles. The highest BCUT2D eigenvalue weighted by Gasteiger charge is 2.15. The molecule has 5 nitrogen and oxygen atoms in total. The summed E-state index contributed by atoms with van der Waals surface area (Å²) >= 11 is 0. The van der Waals surface area contributed by atoms with Crippen LogP contribution in [0.25, 0.3) is 0 Å². The number of hydrogen-bond acceptors (Lipinski definition) is 5. The fourth-order valence-electron chi connectivity index (χ4n) is 4.10. The zero-order valence-electron chi connectivity index (χ0n) is 18.6. The van der Waals surface area contributed by atoms with Crippen LogP contribution in [0.1, 0.15) is 38.7 Å². The zero-order chi connectivity index (χ0) is 22.2. The fourth-order valence-corrected chi connectivity index (χ4v) is 4.10. The van der Waals surface area contributed by atoms with Gasteiger partial charge in [0, 0.05) is 19.3 Å². The summed E-state index contributed by atoms with van der Waals surface area (Å²) in [5, 5.41) is 14.5. The number of nitrogens with zero attached hydrogens (tertiary/aromatic N) is 2. The molecule has 1 aromatic carbocycles. The van der Waals surface area contributed by atoms with E-state index in [1.165, 1.54) is 18.2 Å². The van der Waals surface area contributed by atoms with Crippen molar-refractivity contribution in [3.8, 4) is 0 Å². The Kier molecular flexibility index (Phi) is 7.76. The molecule has 0 radical (unpaired) electrons. The van der Waals surface area contributed by atoms with Crippen LogP contribution in [-0.4, -0.2) is 26.2 Å². The Labute approximate surface area is 186 Å². The van der Waals surface area contributed by atoms with Gasteiger partial charge in [0.25, 0.3) is 0 Å². The van der Waals surface area contributed by atoms with E-state index >= 15 is 0 Å². The molecular weight excluding hydrogens is 382 g/mol. The largest absolute Gasteiger partial charge is 0.379 e. The van der Waals surface area contributed by atoms with Crippen LogP contribution in [0.3, 0.4) is 0 Å². The lowest BCUT2D eigenvalue weighted by atomic mass is 9.85. The molecule has 0 aliphatic heterocycles. The van der Waals surface area contributed by atoms with Crippen LogP contribution in [0.2, 0.25) is 0 Å². The quantitative estimate of drug-likeness (QED) is 0.413. The summed E-state index contributed by atoms with van der Waals surface area (Å²) in [5.41, 5.74) is 7.14. The zero-order valence-corrected chi connectivity index (χ0v) is 18.6. The normalized spacial score (nSPS) is 20.6. The van der Waals surface area contributed by atoms with Gasteiger partial charge in [0.2, 0.25) is 0 Å². The van der Waals surface area contributed by atoms with Gasteiger partial charge in [-0.25, -0.2) is 0 Å². The molecule has 2 unspecified atom stereocenters. The standard InChI is InChI=1S/C26H33N5/c1-5-22-9-6-20(12-18(22)2)16-30-26-14-21(8-11-24(26)29-4)17-31-25-13-19(15-27)7-10-23(25)28-3/h6,8-9,11-15,18,22,27,30-31H,3-5,7,10,16-17H2,1-2H3. The second-order valence-corrected chi connectivity index (χ2v) is 8.13. The van der Waals surface area contributed by atoms with Crippen molar-refractivity contribution in [3.05, 3.63) is 70.6 Å². The smallest absolute Gasteiger partial charge is 0.0854 e. The van der Waals surface area contributed by atoms with Gasteiger partial charge in [0.05, 0.1) is 22.8 Å². The first-order chi connectivity index (χ1) is 15.1. The third-order valence-electron chi connectivity index (χ3n) is 6.05. The molecule has 0 saturated carbocycles. The van der Waals surface area contributed by atoms with Crippen LogP contribution >= 0.6 is 0 Å². The van der Waals surface area contributed by atoms with E-state index in [1.54, 1.807) is 0 Å². The number of aliphatic imine (C=N–C) groups is 2. The van der Waals surface area contributed by atoms with E-state index in [4.69, 9.17) is 5.41 Å². The van der Waals surface area contributed by atoms with Gasteiger partial charge < -0.3 is 16.0 Å². The second-order valence-electron chi connectivity index (χ2n) is 8.13. The van der Waals surface area contributed by atoms with Crippen LogP contribution in [-0.2, 0) is 6.54 Å². The van der Waals surface area contributed by atoms with E-state index in [2.05, 4.69) is 78.3 Å². The van der Waals surface area contributed by atoms with Crippen LogP contribution in [0.15, 0.2) is 75.0 Å². The number of hydrogen-bond donors (Lipinski definition) is 3. The minimum atomic E-state index is 0.565. The third-order valence-corrected chi connectivity index (χ3v) is 6.05. The lowest BCUT2D eigenvalue weighted by molar-refractivity contribution is 0.488.